The summed E-state index contributed by atoms with van der Waals surface area (Å²) in [7, 11) is 0. The third-order valence-electron chi connectivity index (χ3n) is 3.83. The zero-order chi connectivity index (χ0) is 19.6. The lowest BCUT2D eigenvalue weighted by Crippen LogP contribution is -2.06. The Balaban J connectivity index is 0.000000307. The van der Waals surface area contributed by atoms with Crippen LogP contribution >= 0.6 is 11.6 Å². The highest BCUT2D eigenvalue weighted by Crippen LogP contribution is 2.35. The molecule has 0 amide bonds. The van der Waals surface area contributed by atoms with Crippen LogP contribution in [0.2, 0.25) is 5.02 Å². The summed E-state index contributed by atoms with van der Waals surface area (Å²) >= 11 is 6.17. The number of hydrogen-bond acceptors (Lipinski definition) is 6. The summed E-state index contributed by atoms with van der Waals surface area (Å²) in [5.74, 6) is -0.545. The van der Waals surface area contributed by atoms with Crippen molar-refractivity contribution in [2.75, 3.05) is 12.3 Å². The number of benzene rings is 3. The molecule has 2 aliphatic rings. The van der Waals surface area contributed by atoms with E-state index in [0.717, 1.165) is 5.39 Å². The van der Waals surface area contributed by atoms with Crippen molar-refractivity contribution in [3.63, 3.8) is 0 Å². The fourth-order valence-electron chi connectivity index (χ4n) is 2.60. The predicted molar refractivity (Wildman–Crippen MR) is 105 cm³/mol. The van der Waals surface area contributed by atoms with Gasteiger partial charge in [0.15, 0.2) is 11.3 Å². The molecule has 0 unspecified atom stereocenters. The normalized spacial score (nSPS) is 10.7. The predicted octanol–water partition coefficient (Wildman–Crippen LogP) is 3.10. The highest BCUT2D eigenvalue weighted by atomic mass is 35.5. The van der Waals surface area contributed by atoms with E-state index in [1.54, 1.807) is 30.3 Å². The molecule has 0 saturated carbocycles. The van der Waals surface area contributed by atoms with Gasteiger partial charge in [-0.1, -0.05) is 35.9 Å². The Morgan fingerprint density at radius 1 is 1.19 bits per heavy atom. The first-order valence-electron chi connectivity index (χ1n) is 8.04. The second-order valence-electron chi connectivity index (χ2n) is 5.74. The SMILES string of the molecule is NCCC(=O)O.Nc1ccc2nc3c4ccccc4c(=O)c(Cl)c-3oc2c1. The minimum absolute atomic E-state index is 0.0422. The Morgan fingerprint density at radius 3 is 2.52 bits per heavy atom. The quantitative estimate of drug-likeness (QED) is 0.274. The molecule has 27 heavy (non-hydrogen) atoms. The first-order chi connectivity index (χ1) is 12.9. The van der Waals surface area contributed by atoms with Crippen LogP contribution in [0.25, 0.3) is 33.3 Å². The van der Waals surface area contributed by atoms with Gasteiger partial charge in [0.2, 0.25) is 5.43 Å². The van der Waals surface area contributed by atoms with Crippen molar-refractivity contribution >= 4 is 45.1 Å². The number of nitrogens with zero attached hydrogens (tertiary/aromatic N) is 1. The van der Waals surface area contributed by atoms with Gasteiger partial charge in [-0.15, -0.1) is 0 Å². The number of aromatic nitrogens is 1. The van der Waals surface area contributed by atoms with Gasteiger partial charge in [-0.05, 0) is 12.1 Å². The molecule has 0 saturated heterocycles. The Kier molecular flexibility index (Phi) is 5.25. The van der Waals surface area contributed by atoms with Crippen molar-refractivity contribution < 1.29 is 14.3 Å². The molecule has 2 aromatic carbocycles. The van der Waals surface area contributed by atoms with Crippen LogP contribution in [0.3, 0.4) is 0 Å². The fourth-order valence-corrected chi connectivity index (χ4v) is 2.83. The monoisotopic (exact) mass is 385 g/mol. The second kappa shape index (κ2) is 7.61. The number of nitrogens with two attached hydrogens (primary N) is 2. The molecule has 4 rings (SSSR count). The van der Waals surface area contributed by atoms with Crippen molar-refractivity contribution in [3.8, 4) is 11.5 Å². The molecule has 1 aliphatic carbocycles. The Bertz CT molecular complexity index is 1170. The van der Waals surface area contributed by atoms with Gasteiger partial charge >= 0.3 is 5.97 Å². The standard InChI is InChI=1S/C16H9ClN2O2.C3H7NO2/c17-13-15(20)10-4-2-1-3-9(10)14-16(13)21-12-7-8(18)5-6-11(12)19-14;4-2-1-3(5)6/h1-7H,18H2;1-2,4H2,(H,5,6). The number of anilines is 1. The van der Waals surface area contributed by atoms with E-state index >= 15 is 0 Å². The molecule has 7 nitrogen and oxygen atoms in total. The van der Waals surface area contributed by atoms with Crippen LogP contribution in [-0.2, 0) is 4.79 Å². The van der Waals surface area contributed by atoms with Crippen LogP contribution in [0.5, 0.6) is 0 Å². The molecular formula is C19H16ClN3O4. The lowest BCUT2D eigenvalue weighted by atomic mass is 10.0. The van der Waals surface area contributed by atoms with E-state index in [-0.39, 0.29) is 23.4 Å². The molecule has 8 heteroatoms. The average molecular weight is 386 g/mol. The van der Waals surface area contributed by atoms with Crippen molar-refractivity contribution in [3.05, 3.63) is 57.7 Å². The van der Waals surface area contributed by atoms with E-state index in [0.29, 0.717) is 33.6 Å². The molecule has 138 valence electrons. The van der Waals surface area contributed by atoms with Crippen LogP contribution < -0.4 is 16.9 Å². The molecular weight excluding hydrogens is 370 g/mol. The van der Waals surface area contributed by atoms with Crippen LogP contribution in [0.15, 0.2) is 51.7 Å². The minimum atomic E-state index is -0.836. The van der Waals surface area contributed by atoms with Gasteiger partial charge in [-0.2, -0.15) is 0 Å². The fraction of sp³-hybridized carbons (Fsp3) is 0.105. The molecule has 0 bridgehead atoms. The number of carboxylic acids is 1. The number of rotatable bonds is 2. The lowest BCUT2D eigenvalue weighted by molar-refractivity contribution is -0.136. The van der Waals surface area contributed by atoms with Gasteiger partial charge in [-0.3, -0.25) is 9.59 Å². The van der Waals surface area contributed by atoms with Gasteiger partial charge in [0.25, 0.3) is 0 Å². The number of halogens is 1. The van der Waals surface area contributed by atoms with Gasteiger partial charge in [-0.25, -0.2) is 4.98 Å². The maximum absolute atomic E-state index is 12.3. The molecule has 5 N–H and O–H groups in total. The first-order valence-corrected chi connectivity index (χ1v) is 8.42. The Hall–Kier alpha value is -3.16. The van der Waals surface area contributed by atoms with E-state index in [2.05, 4.69) is 4.98 Å². The molecule has 0 radical (unpaired) electrons. The van der Waals surface area contributed by atoms with Crippen LogP contribution in [0.1, 0.15) is 6.42 Å². The van der Waals surface area contributed by atoms with Crippen molar-refractivity contribution in [1.29, 1.82) is 0 Å². The van der Waals surface area contributed by atoms with Crippen LogP contribution in [0.4, 0.5) is 5.69 Å². The summed E-state index contributed by atoms with van der Waals surface area (Å²) in [4.78, 5) is 26.4. The smallest absolute Gasteiger partial charge is 0.304 e. The largest absolute Gasteiger partial charge is 0.481 e. The lowest BCUT2D eigenvalue weighted by Gasteiger charge is -2.11. The van der Waals surface area contributed by atoms with Crippen LogP contribution in [-0.4, -0.2) is 22.6 Å². The number of fused-ring (bicyclic) bond motifs is 4. The number of hydrogen-bond donors (Lipinski definition) is 3. The maximum Gasteiger partial charge on any atom is 0.304 e. The number of carboxylic acid groups (broad SMARTS) is 1. The molecule has 2 aromatic rings. The zero-order valence-electron chi connectivity index (χ0n) is 14.1. The molecule has 1 heterocycles. The number of carbonyl (C=O) groups is 1. The van der Waals surface area contributed by atoms with E-state index < -0.39 is 5.97 Å². The van der Waals surface area contributed by atoms with E-state index in [1.807, 2.05) is 12.1 Å². The van der Waals surface area contributed by atoms with E-state index in [1.165, 1.54) is 0 Å². The van der Waals surface area contributed by atoms with E-state index in [4.69, 9.17) is 32.6 Å². The van der Waals surface area contributed by atoms with Crippen molar-refractivity contribution in [2.24, 2.45) is 5.73 Å². The summed E-state index contributed by atoms with van der Waals surface area (Å²) in [6.07, 6.45) is 0.0694. The second-order valence-corrected chi connectivity index (χ2v) is 6.12. The number of aliphatic carboxylic acids is 1. The maximum atomic E-state index is 12.3. The number of nitrogen functional groups attached to an aromatic ring is 1. The topological polar surface area (TPSA) is 132 Å². The van der Waals surface area contributed by atoms with Crippen molar-refractivity contribution in [1.82, 2.24) is 4.98 Å². The minimum Gasteiger partial charge on any atom is -0.481 e. The average Bonchev–Trinajstić information content (AvgIpc) is 2.65. The first kappa shape index (κ1) is 18.6. The van der Waals surface area contributed by atoms with Crippen LogP contribution in [0, 0.1) is 0 Å². The summed E-state index contributed by atoms with van der Waals surface area (Å²) in [5, 5.41) is 9.14. The Labute approximate surface area is 158 Å². The molecule has 1 aliphatic heterocycles. The molecule has 0 aromatic heterocycles. The highest BCUT2D eigenvalue weighted by Gasteiger charge is 2.20. The van der Waals surface area contributed by atoms with E-state index in [9.17, 15) is 9.59 Å². The molecule has 0 spiro atoms. The van der Waals surface area contributed by atoms with Gasteiger partial charge < -0.3 is 21.0 Å². The zero-order valence-corrected chi connectivity index (χ0v) is 14.9. The van der Waals surface area contributed by atoms with Gasteiger partial charge in [0.05, 0.1) is 6.42 Å². The van der Waals surface area contributed by atoms with Gasteiger partial charge in [0.1, 0.15) is 16.2 Å². The highest BCUT2D eigenvalue weighted by molar-refractivity contribution is 6.34. The third kappa shape index (κ3) is 3.69. The molecule has 0 atom stereocenters. The summed E-state index contributed by atoms with van der Waals surface area (Å²) < 4.78 is 5.77. The third-order valence-corrected chi connectivity index (χ3v) is 4.17. The van der Waals surface area contributed by atoms with Gasteiger partial charge in [0, 0.05) is 29.1 Å². The summed E-state index contributed by atoms with van der Waals surface area (Å²) in [6.45, 7) is 0.231. The summed E-state index contributed by atoms with van der Waals surface area (Å²) in [5.41, 5.74) is 12.6. The molecule has 0 fully saturated rings. The summed E-state index contributed by atoms with van der Waals surface area (Å²) in [6, 6.07) is 12.4. The van der Waals surface area contributed by atoms with Crippen molar-refractivity contribution in [2.45, 2.75) is 6.42 Å². The Morgan fingerprint density at radius 2 is 1.89 bits per heavy atom.